The molecule has 2 N–H and O–H groups in total. The lowest BCUT2D eigenvalue weighted by atomic mass is 10.0. The summed E-state index contributed by atoms with van der Waals surface area (Å²) in [5.41, 5.74) is 1.63. The van der Waals surface area contributed by atoms with Crippen molar-refractivity contribution < 1.29 is 14.6 Å². The molecule has 2 heterocycles. The summed E-state index contributed by atoms with van der Waals surface area (Å²) < 4.78 is 7.33. The molecule has 164 valence electrons. The third kappa shape index (κ3) is 4.86. The molecule has 8 nitrogen and oxygen atoms in total. The highest BCUT2D eigenvalue weighted by molar-refractivity contribution is 5.92. The summed E-state index contributed by atoms with van der Waals surface area (Å²) in [6, 6.07) is 12.8. The van der Waals surface area contributed by atoms with E-state index in [-0.39, 0.29) is 18.6 Å². The number of hydrogen-bond acceptors (Lipinski definition) is 6. The van der Waals surface area contributed by atoms with Gasteiger partial charge in [0.15, 0.2) is 5.69 Å². The minimum absolute atomic E-state index is 0.0534. The maximum atomic E-state index is 12.1. The zero-order valence-corrected chi connectivity index (χ0v) is 17.8. The summed E-state index contributed by atoms with van der Waals surface area (Å²) in [7, 11) is 1.71. The maximum absolute atomic E-state index is 12.1. The minimum Gasteiger partial charge on any atom is -0.496 e. The van der Waals surface area contributed by atoms with Gasteiger partial charge in [-0.1, -0.05) is 35.5 Å². The summed E-state index contributed by atoms with van der Waals surface area (Å²) in [5, 5.41) is 22.1. The number of fused-ring (bicyclic) bond motifs is 1. The highest BCUT2D eigenvalue weighted by Gasteiger charge is 2.23. The molecular formula is C23H29N5O3. The molecule has 1 amide bonds. The van der Waals surface area contributed by atoms with Gasteiger partial charge in [-0.3, -0.25) is 9.69 Å². The van der Waals surface area contributed by atoms with Crippen LogP contribution in [0.4, 0.5) is 0 Å². The van der Waals surface area contributed by atoms with Gasteiger partial charge in [0.2, 0.25) is 0 Å². The molecule has 2 aromatic carbocycles. The normalized spacial score (nSPS) is 15.3. The van der Waals surface area contributed by atoms with Crippen LogP contribution in [0.1, 0.15) is 41.4 Å². The fourth-order valence-electron chi connectivity index (χ4n) is 4.16. The Bertz CT molecular complexity index is 1030. The Morgan fingerprint density at radius 1 is 1.19 bits per heavy atom. The molecule has 1 aromatic heterocycles. The van der Waals surface area contributed by atoms with Gasteiger partial charge in [-0.2, -0.15) is 0 Å². The number of aliphatic hydroxyl groups is 1. The molecule has 0 aliphatic carbocycles. The van der Waals surface area contributed by atoms with Crippen LogP contribution in [0.3, 0.4) is 0 Å². The van der Waals surface area contributed by atoms with Gasteiger partial charge in [0.1, 0.15) is 5.75 Å². The summed E-state index contributed by atoms with van der Waals surface area (Å²) in [4.78, 5) is 14.6. The number of amides is 1. The first kappa shape index (κ1) is 21.3. The predicted octanol–water partition coefficient (Wildman–Crippen LogP) is 2.39. The molecule has 0 unspecified atom stereocenters. The Morgan fingerprint density at radius 2 is 1.97 bits per heavy atom. The van der Waals surface area contributed by atoms with Crippen molar-refractivity contribution in [2.45, 2.75) is 31.8 Å². The molecule has 0 spiro atoms. The van der Waals surface area contributed by atoms with E-state index in [1.807, 2.05) is 16.8 Å². The molecule has 8 heteroatoms. The number of hydrogen-bond donors (Lipinski definition) is 2. The first-order valence-electron chi connectivity index (χ1n) is 10.8. The fraction of sp³-hybridized carbons (Fsp3) is 0.435. The first-order valence-corrected chi connectivity index (χ1v) is 10.8. The highest BCUT2D eigenvalue weighted by atomic mass is 16.5. The molecular weight excluding hydrogens is 394 g/mol. The van der Waals surface area contributed by atoms with E-state index in [1.54, 1.807) is 13.3 Å². The van der Waals surface area contributed by atoms with Crippen molar-refractivity contribution >= 4 is 16.7 Å². The number of methoxy groups -OCH3 is 1. The second kappa shape index (κ2) is 9.89. The van der Waals surface area contributed by atoms with Crippen LogP contribution in [-0.4, -0.2) is 64.3 Å². The van der Waals surface area contributed by atoms with Gasteiger partial charge in [0.05, 0.1) is 19.3 Å². The van der Waals surface area contributed by atoms with Gasteiger partial charge in [0.25, 0.3) is 5.91 Å². The average molecular weight is 424 g/mol. The minimum atomic E-state index is -0.247. The van der Waals surface area contributed by atoms with Crippen LogP contribution in [0.25, 0.3) is 10.8 Å². The SMILES string of the molecule is COc1ccc(CN2CCC(n3cc(C(=O)NCCCO)nn3)CC2)c2ccccc12. The number of nitrogens with zero attached hydrogens (tertiary/aromatic N) is 4. The second-order valence-electron chi connectivity index (χ2n) is 7.90. The molecule has 0 atom stereocenters. The van der Waals surface area contributed by atoms with Gasteiger partial charge in [-0.25, -0.2) is 4.68 Å². The van der Waals surface area contributed by atoms with Crippen LogP contribution < -0.4 is 10.1 Å². The summed E-state index contributed by atoms with van der Waals surface area (Å²) >= 11 is 0. The fourth-order valence-corrected chi connectivity index (χ4v) is 4.16. The van der Waals surface area contributed by atoms with E-state index in [1.165, 1.54) is 10.9 Å². The lowest BCUT2D eigenvalue weighted by molar-refractivity contribution is 0.0946. The van der Waals surface area contributed by atoms with E-state index in [0.717, 1.165) is 43.6 Å². The summed E-state index contributed by atoms with van der Waals surface area (Å²) in [6.45, 7) is 3.30. The Hall–Kier alpha value is -2.97. The second-order valence-corrected chi connectivity index (χ2v) is 7.90. The number of nitrogens with one attached hydrogen (secondary N) is 1. The van der Waals surface area contributed by atoms with Crippen molar-refractivity contribution in [2.75, 3.05) is 33.4 Å². The maximum Gasteiger partial charge on any atom is 0.273 e. The van der Waals surface area contributed by atoms with Gasteiger partial charge >= 0.3 is 0 Å². The van der Waals surface area contributed by atoms with Crippen molar-refractivity contribution in [1.82, 2.24) is 25.2 Å². The summed E-state index contributed by atoms with van der Waals surface area (Å²) in [6.07, 6.45) is 4.18. The van der Waals surface area contributed by atoms with E-state index in [4.69, 9.17) is 9.84 Å². The molecule has 1 fully saturated rings. The third-order valence-corrected chi connectivity index (χ3v) is 5.88. The van der Waals surface area contributed by atoms with Gasteiger partial charge in [0, 0.05) is 38.2 Å². The Kier molecular flexibility index (Phi) is 6.79. The molecule has 1 saturated heterocycles. The van der Waals surface area contributed by atoms with E-state index < -0.39 is 0 Å². The summed E-state index contributed by atoms with van der Waals surface area (Å²) in [5.74, 6) is 0.656. The Labute approximate surface area is 181 Å². The zero-order chi connectivity index (χ0) is 21.6. The number of benzene rings is 2. The standard InChI is InChI=1S/C23H29N5O3/c1-31-22-8-7-17(19-5-2-3-6-20(19)22)15-27-12-9-18(10-13-27)28-16-21(25-26-28)23(30)24-11-4-14-29/h2-3,5-8,16,18,29H,4,9-15H2,1H3,(H,24,30). The topological polar surface area (TPSA) is 92.5 Å². The number of likely N-dealkylation sites (tertiary alicyclic amines) is 1. The molecule has 1 aliphatic heterocycles. The average Bonchev–Trinajstić information content (AvgIpc) is 3.30. The third-order valence-electron chi connectivity index (χ3n) is 5.88. The van der Waals surface area contributed by atoms with Crippen molar-refractivity contribution in [3.63, 3.8) is 0 Å². The van der Waals surface area contributed by atoms with Crippen molar-refractivity contribution in [3.8, 4) is 5.75 Å². The smallest absolute Gasteiger partial charge is 0.273 e. The predicted molar refractivity (Wildman–Crippen MR) is 118 cm³/mol. The van der Waals surface area contributed by atoms with Crippen molar-refractivity contribution in [1.29, 1.82) is 0 Å². The quantitative estimate of drug-likeness (QED) is 0.541. The van der Waals surface area contributed by atoms with Crippen molar-refractivity contribution in [3.05, 3.63) is 53.9 Å². The van der Waals surface area contributed by atoms with Crippen molar-refractivity contribution in [2.24, 2.45) is 0 Å². The lowest BCUT2D eigenvalue weighted by Gasteiger charge is -2.32. The number of carbonyl (C=O) groups is 1. The lowest BCUT2D eigenvalue weighted by Crippen LogP contribution is -2.34. The van der Waals surface area contributed by atoms with Gasteiger partial charge in [-0.05, 0) is 36.3 Å². The Morgan fingerprint density at radius 3 is 2.71 bits per heavy atom. The Balaban J connectivity index is 1.36. The van der Waals surface area contributed by atoms with Crippen LogP contribution in [0.5, 0.6) is 5.75 Å². The number of piperidine rings is 1. The highest BCUT2D eigenvalue weighted by Crippen LogP contribution is 2.30. The first-order chi connectivity index (χ1) is 15.2. The molecule has 0 saturated carbocycles. The zero-order valence-electron chi connectivity index (χ0n) is 17.8. The largest absolute Gasteiger partial charge is 0.496 e. The molecule has 0 bridgehead atoms. The molecule has 3 aromatic rings. The number of aliphatic hydroxyl groups excluding tert-OH is 1. The monoisotopic (exact) mass is 423 g/mol. The van der Waals surface area contributed by atoms with Crippen LogP contribution in [0.2, 0.25) is 0 Å². The van der Waals surface area contributed by atoms with Gasteiger partial charge < -0.3 is 15.2 Å². The van der Waals surface area contributed by atoms with E-state index in [2.05, 4.69) is 44.8 Å². The van der Waals surface area contributed by atoms with Gasteiger partial charge in [-0.15, -0.1) is 5.10 Å². The number of ether oxygens (including phenoxy) is 1. The van der Waals surface area contributed by atoms with Crippen LogP contribution in [-0.2, 0) is 6.54 Å². The van der Waals surface area contributed by atoms with E-state index >= 15 is 0 Å². The van der Waals surface area contributed by atoms with Crippen LogP contribution in [0, 0.1) is 0 Å². The molecule has 0 radical (unpaired) electrons. The number of aromatic nitrogens is 3. The van der Waals surface area contributed by atoms with Crippen LogP contribution in [0.15, 0.2) is 42.6 Å². The van der Waals surface area contributed by atoms with E-state index in [9.17, 15) is 4.79 Å². The molecule has 31 heavy (non-hydrogen) atoms. The molecule has 1 aliphatic rings. The molecule has 4 rings (SSSR count). The van der Waals surface area contributed by atoms with Crippen LogP contribution >= 0.6 is 0 Å². The number of rotatable bonds is 8. The van der Waals surface area contributed by atoms with E-state index in [0.29, 0.717) is 18.7 Å². The number of carbonyl (C=O) groups excluding carboxylic acids is 1.